The summed E-state index contributed by atoms with van der Waals surface area (Å²) < 4.78 is 14.0. The van der Waals surface area contributed by atoms with Crippen molar-refractivity contribution in [1.82, 2.24) is 4.90 Å². The van der Waals surface area contributed by atoms with Crippen LogP contribution >= 0.6 is 0 Å². The van der Waals surface area contributed by atoms with E-state index in [0.717, 1.165) is 25.9 Å². The molecule has 0 aliphatic heterocycles. The van der Waals surface area contributed by atoms with Crippen LogP contribution in [0.4, 0.5) is 10.1 Å². The summed E-state index contributed by atoms with van der Waals surface area (Å²) in [7, 11) is 0. The number of nitrogens with zero attached hydrogens (tertiary/aromatic N) is 1. The Bertz CT molecular complexity index is 486. The van der Waals surface area contributed by atoms with Gasteiger partial charge >= 0.3 is 0 Å². The van der Waals surface area contributed by atoms with Gasteiger partial charge in [-0.2, -0.15) is 0 Å². The molecule has 1 aromatic carbocycles. The molecule has 1 aromatic rings. The fraction of sp³-hybridized carbons (Fsp3) is 0.588. The van der Waals surface area contributed by atoms with Crippen molar-refractivity contribution in [3.63, 3.8) is 0 Å². The molecule has 0 radical (unpaired) electrons. The van der Waals surface area contributed by atoms with E-state index in [-0.39, 0.29) is 11.7 Å². The van der Waals surface area contributed by atoms with E-state index in [1.54, 1.807) is 12.1 Å². The number of para-hydroxylation sites is 1. The van der Waals surface area contributed by atoms with Gasteiger partial charge in [-0.15, -0.1) is 0 Å². The fourth-order valence-corrected chi connectivity index (χ4v) is 2.46. The summed E-state index contributed by atoms with van der Waals surface area (Å²) >= 11 is 0. The molecule has 0 unspecified atom stereocenters. The van der Waals surface area contributed by atoms with Crippen molar-refractivity contribution >= 4 is 11.6 Å². The van der Waals surface area contributed by atoms with Crippen LogP contribution in [0.5, 0.6) is 0 Å². The van der Waals surface area contributed by atoms with Crippen molar-refractivity contribution < 1.29 is 9.18 Å². The maximum absolute atomic E-state index is 14.0. The standard InChI is InChI=1S/C17H25FN2O/c1-3-10-19-16-14(6-5-7-15(16)18)17(21)20(11-4-2)12-13-8-9-13/h5-7,13,19H,3-4,8-12H2,1-2H3. The molecule has 1 fully saturated rings. The Morgan fingerprint density at radius 1 is 1.33 bits per heavy atom. The quantitative estimate of drug-likeness (QED) is 0.788. The van der Waals surface area contributed by atoms with Gasteiger partial charge in [-0.25, -0.2) is 4.39 Å². The number of nitrogens with one attached hydrogen (secondary N) is 1. The summed E-state index contributed by atoms with van der Waals surface area (Å²) in [4.78, 5) is 14.6. The molecule has 0 heterocycles. The molecular formula is C17H25FN2O. The Morgan fingerprint density at radius 3 is 2.71 bits per heavy atom. The molecule has 1 amide bonds. The molecule has 3 nitrogen and oxygen atoms in total. The molecule has 116 valence electrons. The lowest BCUT2D eigenvalue weighted by molar-refractivity contribution is 0.0748. The third-order valence-electron chi connectivity index (χ3n) is 3.75. The molecule has 1 saturated carbocycles. The molecule has 0 bridgehead atoms. The molecule has 0 aromatic heterocycles. The van der Waals surface area contributed by atoms with Gasteiger partial charge in [-0.3, -0.25) is 4.79 Å². The summed E-state index contributed by atoms with van der Waals surface area (Å²) in [6.45, 7) is 6.29. The van der Waals surface area contributed by atoms with Gasteiger partial charge in [0.1, 0.15) is 5.82 Å². The zero-order valence-corrected chi connectivity index (χ0v) is 13.0. The third kappa shape index (κ3) is 4.19. The Morgan fingerprint density at radius 2 is 2.10 bits per heavy atom. The first-order chi connectivity index (χ1) is 10.2. The van der Waals surface area contributed by atoms with Crippen molar-refractivity contribution in [2.24, 2.45) is 5.92 Å². The Labute approximate surface area is 126 Å². The monoisotopic (exact) mass is 292 g/mol. The van der Waals surface area contributed by atoms with Crippen molar-refractivity contribution in [2.45, 2.75) is 39.5 Å². The molecule has 21 heavy (non-hydrogen) atoms. The summed E-state index contributed by atoms with van der Waals surface area (Å²) in [5.74, 6) is 0.236. The minimum absolute atomic E-state index is 0.0538. The number of rotatable bonds is 8. The van der Waals surface area contributed by atoms with Gasteiger partial charge in [0.05, 0.1) is 11.3 Å². The first-order valence-corrected chi connectivity index (χ1v) is 7.99. The van der Waals surface area contributed by atoms with Crippen LogP contribution in [-0.2, 0) is 0 Å². The second kappa shape index (κ2) is 7.43. The number of carbonyl (C=O) groups excluding carboxylic acids is 1. The number of benzene rings is 1. The van der Waals surface area contributed by atoms with Crippen LogP contribution in [0.2, 0.25) is 0 Å². The molecule has 0 atom stereocenters. The first-order valence-electron chi connectivity index (χ1n) is 7.99. The van der Waals surface area contributed by atoms with E-state index in [1.165, 1.54) is 18.9 Å². The van der Waals surface area contributed by atoms with Crippen LogP contribution in [0, 0.1) is 11.7 Å². The van der Waals surface area contributed by atoms with Crippen molar-refractivity contribution in [2.75, 3.05) is 25.0 Å². The lowest BCUT2D eigenvalue weighted by atomic mass is 10.1. The van der Waals surface area contributed by atoms with Gasteiger partial charge in [0.15, 0.2) is 0 Å². The Kier molecular flexibility index (Phi) is 5.59. The predicted octanol–water partition coefficient (Wildman–Crippen LogP) is 3.91. The highest BCUT2D eigenvalue weighted by molar-refractivity contribution is 5.99. The Balaban J connectivity index is 2.20. The number of anilines is 1. The van der Waals surface area contributed by atoms with Gasteiger partial charge in [0, 0.05) is 19.6 Å². The van der Waals surface area contributed by atoms with Gasteiger partial charge in [-0.05, 0) is 43.7 Å². The predicted molar refractivity (Wildman–Crippen MR) is 84.1 cm³/mol. The van der Waals surface area contributed by atoms with Crippen LogP contribution < -0.4 is 5.32 Å². The summed E-state index contributed by atoms with van der Waals surface area (Å²) in [6.07, 6.45) is 4.23. The van der Waals surface area contributed by atoms with Crippen LogP contribution in [0.1, 0.15) is 49.9 Å². The average molecular weight is 292 g/mol. The number of hydrogen-bond acceptors (Lipinski definition) is 2. The first kappa shape index (κ1) is 15.8. The molecule has 0 saturated heterocycles. The maximum atomic E-state index is 14.0. The number of amides is 1. The lowest BCUT2D eigenvalue weighted by Crippen LogP contribution is -2.34. The van der Waals surface area contributed by atoms with Gasteiger partial charge in [0.2, 0.25) is 0 Å². The maximum Gasteiger partial charge on any atom is 0.256 e. The highest BCUT2D eigenvalue weighted by Gasteiger charge is 2.28. The van der Waals surface area contributed by atoms with Gasteiger partial charge in [0.25, 0.3) is 5.91 Å². The number of hydrogen-bond donors (Lipinski definition) is 1. The second-order valence-electron chi connectivity index (χ2n) is 5.78. The number of carbonyl (C=O) groups is 1. The molecular weight excluding hydrogens is 267 g/mol. The van der Waals surface area contributed by atoms with E-state index >= 15 is 0 Å². The Hall–Kier alpha value is -1.58. The zero-order valence-electron chi connectivity index (χ0n) is 13.0. The molecule has 1 aliphatic rings. The van der Waals surface area contributed by atoms with Crippen LogP contribution in [0.25, 0.3) is 0 Å². The zero-order chi connectivity index (χ0) is 15.2. The van der Waals surface area contributed by atoms with Gasteiger partial charge < -0.3 is 10.2 Å². The summed E-state index contributed by atoms with van der Waals surface area (Å²) in [5, 5.41) is 3.06. The van der Waals surface area contributed by atoms with Crippen LogP contribution in [0.15, 0.2) is 18.2 Å². The van der Waals surface area contributed by atoms with E-state index in [1.807, 2.05) is 11.8 Å². The highest BCUT2D eigenvalue weighted by atomic mass is 19.1. The molecule has 1 aliphatic carbocycles. The largest absolute Gasteiger partial charge is 0.382 e. The second-order valence-corrected chi connectivity index (χ2v) is 5.78. The fourth-order valence-electron chi connectivity index (χ4n) is 2.46. The van der Waals surface area contributed by atoms with E-state index in [0.29, 0.717) is 23.7 Å². The highest BCUT2D eigenvalue weighted by Crippen LogP contribution is 2.31. The smallest absolute Gasteiger partial charge is 0.256 e. The van der Waals surface area contributed by atoms with E-state index in [9.17, 15) is 9.18 Å². The van der Waals surface area contributed by atoms with Crippen LogP contribution in [0.3, 0.4) is 0 Å². The molecule has 1 N–H and O–H groups in total. The average Bonchev–Trinajstić information content (AvgIpc) is 3.28. The van der Waals surface area contributed by atoms with Crippen molar-refractivity contribution in [3.8, 4) is 0 Å². The van der Waals surface area contributed by atoms with Crippen molar-refractivity contribution in [1.29, 1.82) is 0 Å². The normalized spacial score (nSPS) is 14.0. The van der Waals surface area contributed by atoms with Gasteiger partial charge in [-0.1, -0.05) is 19.9 Å². The number of halogens is 1. The van der Waals surface area contributed by atoms with E-state index < -0.39 is 0 Å². The SMILES string of the molecule is CCCNc1c(F)cccc1C(=O)N(CCC)CC1CC1. The topological polar surface area (TPSA) is 32.3 Å². The third-order valence-corrected chi connectivity index (χ3v) is 3.75. The minimum atomic E-state index is -0.350. The molecule has 0 spiro atoms. The molecule has 2 rings (SSSR count). The van der Waals surface area contributed by atoms with E-state index in [2.05, 4.69) is 12.2 Å². The van der Waals surface area contributed by atoms with Crippen molar-refractivity contribution in [3.05, 3.63) is 29.6 Å². The lowest BCUT2D eigenvalue weighted by Gasteiger charge is -2.23. The van der Waals surface area contributed by atoms with Crippen LogP contribution in [-0.4, -0.2) is 30.4 Å². The summed E-state index contributed by atoms with van der Waals surface area (Å²) in [6, 6.07) is 4.74. The van der Waals surface area contributed by atoms with E-state index in [4.69, 9.17) is 0 Å². The summed E-state index contributed by atoms with van der Waals surface area (Å²) in [5.41, 5.74) is 0.804. The minimum Gasteiger partial charge on any atom is -0.382 e. The molecule has 4 heteroatoms.